The van der Waals surface area contributed by atoms with Gasteiger partial charge in [0.1, 0.15) is 5.82 Å². The second-order valence-electron chi connectivity index (χ2n) is 3.63. The average molecular weight is 242 g/mol. The van der Waals surface area contributed by atoms with Crippen LogP contribution in [0.1, 0.15) is 26.7 Å². The van der Waals surface area contributed by atoms with Crippen LogP contribution in [0.4, 0.5) is 4.39 Å². The van der Waals surface area contributed by atoms with E-state index in [9.17, 15) is 4.39 Å². The fourth-order valence-corrected chi connectivity index (χ4v) is 3.20. The van der Waals surface area contributed by atoms with Crippen molar-refractivity contribution in [3.8, 4) is 0 Å². The lowest BCUT2D eigenvalue weighted by Crippen LogP contribution is -2.37. The molecule has 0 heterocycles. The summed E-state index contributed by atoms with van der Waals surface area (Å²) in [5.41, 5.74) is 0. The Kier molecular flexibility index (Phi) is 6.29. The van der Waals surface area contributed by atoms with Gasteiger partial charge in [-0.1, -0.05) is 26.0 Å². The van der Waals surface area contributed by atoms with Crippen LogP contribution in [-0.2, 0) is 8.85 Å². The summed E-state index contributed by atoms with van der Waals surface area (Å²) in [6.45, 7) is 5.54. The van der Waals surface area contributed by atoms with Crippen molar-refractivity contribution in [2.75, 3.05) is 13.2 Å². The highest BCUT2D eigenvalue weighted by Gasteiger charge is 2.15. The molecule has 0 spiro atoms. The zero-order valence-electron chi connectivity index (χ0n) is 9.91. The van der Waals surface area contributed by atoms with Gasteiger partial charge in [0.15, 0.2) is 0 Å². The smallest absolute Gasteiger partial charge is 0.355 e. The molecule has 0 fully saturated rings. The summed E-state index contributed by atoms with van der Waals surface area (Å²) in [4.78, 5) is 0. The van der Waals surface area contributed by atoms with E-state index in [1.807, 2.05) is 0 Å². The van der Waals surface area contributed by atoms with Gasteiger partial charge in [-0.2, -0.15) is 0 Å². The van der Waals surface area contributed by atoms with E-state index in [0.717, 1.165) is 18.0 Å². The van der Waals surface area contributed by atoms with Crippen molar-refractivity contribution in [3.63, 3.8) is 0 Å². The van der Waals surface area contributed by atoms with Gasteiger partial charge in [0.05, 0.1) is 0 Å². The Morgan fingerprint density at radius 1 is 1.00 bits per heavy atom. The van der Waals surface area contributed by atoms with Crippen molar-refractivity contribution in [3.05, 3.63) is 30.1 Å². The molecule has 0 aliphatic heterocycles. The molecule has 16 heavy (non-hydrogen) atoms. The maximum absolute atomic E-state index is 12.8. The minimum Gasteiger partial charge on any atom is -0.393 e. The van der Waals surface area contributed by atoms with Crippen LogP contribution < -0.4 is 5.19 Å². The Hall–Kier alpha value is -0.713. The molecule has 0 bridgehead atoms. The lowest BCUT2D eigenvalue weighted by molar-refractivity contribution is 0.207. The van der Waals surface area contributed by atoms with Gasteiger partial charge < -0.3 is 8.85 Å². The van der Waals surface area contributed by atoms with Gasteiger partial charge in [-0.25, -0.2) is 4.39 Å². The van der Waals surface area contributed by atoms with Crippen LogP contribution in [0.5, 0.6) is 0 Å². The maximum Gasteiger partial charge on any atom is 0.355 e. The minimum absolute atomic E-state index is 0.220. The van der Waals surface area contributed by atoms with Gasteiger partial charge in [0, 0.05) is 13.2 Å². The number of halogens is 1. The molecule has 0 saturated heterocycles. The molecule has 1 rings (SSSR count). The molecular formula is C12H19FO2Si. The molecular weight excluding hydrogens is 223 g/mol. The molecule has 1 aromatic carbocycles. The Morgan fingerprint density at radius 2 is 1.50 bits per heavy atom. The normalized spacial score (nSPS) is 11.0. The summed E-state index contributed by atoms with van der Waals surface area (Å²) in [6.07, 6.45) is 1.94. The monoisotopic (exact) mass is 242 g/mol. The van der Waals surface area contributed by atoms with Crippen LogP contribution in [0.15, 0.2) is 24.3 Å². The molecule has 0 aliphatic carbocycles. The van der Waals surface area contributed by atoms with Crippen LogP contribution in [0, 0.1) is 5.82 Å². The third-order valence-corrected chi connectivity index (χ3v) is 4.10. The fraction of sp³-hybridized carbons (Fsp3) is 0.500. The third-order valence-electron chi connectivity index (χ3n) is 2.09. The highest BCUT2D eigenvalue weighted by molar-refractivity contribution is 6.61. The zero-order chi connectivity index (χ0) is 11.8. The third kappa shape index (κ3) is 4.43. The molecule has 0 unspecified atom stereocenters. The van der Waals surface area contributed by atoms with Crippen molar-refractivity contribution in [2.45, 2.75) is 26.7 Å². The minimum atomic E-state index is -1.81. The first-order valence-corrected chi connectivity index (χ1v) is 7.28. The Morgan fingerprint density at radius 3 is 1.94 bits per heavy atom. The fourth-order valence-electron chi connectivity index (χ4n) is 1.31. The number of rotatable bonds is 7. The van der Waals surface area contributed by atoms with Gasteiger partial charge in [-0.15, -0.1) is 0 Å². The SMILES string of the molecule is CCCO[SiH](OCCC)c1ccc(F)cc1. The average Bonchev–Trinajstić information content (AvgIpc) is 2.31. The van der Waals surface area contributed by atoms with E-state index in [4.69, 9.17) is 8.85 Å². The van der Waals surface area contributed by atoms with Gasteiger partial charge in [0.2, 0.25) is 0 Å². The number of benzene rings is 1. The summed E-state index contributed by atoms with van der Waals surface area (Å²) in [7, 11) is -1.81. The molecule has 1 aromatic rings. The first-order valence-electron chi connectivity index (χ1n) is 5.76. The topological polar surface area (TPSA) is 18.5 Å². The highest BCUT2D eigenvalue weighted by atomic mass is 28.3. The second kappa shape index (κ2) is 7.54. The van der Waals surface area contributed by atoms with Crippen LogP contribution in [0.3, 0.4) is 0 Å². The molecule has 2 nitrogen and oxygen atoms in total. The second-order valence-corrected chi connectivity index (χ2v) is 5.62. The van der Waals surface area contributed by atoms with E-state index in [1.54, 1.807) is 12.1 Å². The Balaban J connectivity index is 2.62. The summed E-state index contributed by atoms with van der Waals surface area (Å²) in [6, 6.07) is 6.44. The molecule has 0 radical (unpaired) electrons. The first kappa shape index (κ1) is 13.4. The molecule has 90 valence electrons. The summed E-state index contributed by atoms with van der Waals surface area (Å²) >= 11 is 0. The first-order chi connectivity index (χ1) is 7.77. The van der Waals surface area contributed by atoms with Crippen LogP contribution >= 0.6 is 0 Å². The van der Waals surface area contributed by atoms with Gasteiger partial charge in [0.25, 0.3) is 0 Å². The lowest BCUT2D eigenvalue weighted by Gasteiger charge is -2.16. The largest absolute Gasteiger partial charge is 0.393 e. The lowest BCUT2D eigenvalue weighted by atomic mass is 10.3. The van der Waals surface area contributed by atoms with Crippen LogP contribution in [0.25, 0.3) is 0 Å². The molecule has 4 heteroatoms. The van der Waals surface area contributed by atoms with E-state index in [1.165, 1.54) is 12.1 Å². The van der Waals surface area contributed by atoms with E-state index >= 15 is 0 Å². The molecule has 0 aromatic heterocycles. The van der Waals surface area contributed by atoms with E-state index in [0.29, 0.717) is 13.2 Å². The van der Waals surface area contributed by atoms with Crippen molar-refractivity contribution < 1.29 is 13.2 Å². The number of hydrogen-bond donors (Lipinski definition) is 0. The summed E-state index contributed by atoms with van der Waals surface area (Å²) < 4.78 is 24.2. The van der Waals surface area contributed by atoms with E-state index in [2.05, 4.69) is 13.8 Å². The molecule has 0 aliphatic rings. The zero-order valence-corrected chi connectivity index (χ0v) is 11.1. The highest BCUT2D eigenvalue weighted by Crippen LogP contribution is 1.99. The standard InChI is InChI=1S/C12H19FO2Si/c1-3-9-14-16(15-10-4-2)12-7-5-11(13)6-8-12/h5-8,16H,3-4,9-10H2,1-2H3. The van der Waals surface area contributed by atoms with Crippen molar-refractivity contribution in [1.29, 1.82) is 0 Å². The summed E-state index contributed by atoms with van der Waals surface area (Å²) in [5, 5.41) is 1.00. The van der Waals surface area contributed by atoms with E-state index in [-0.39, 0.29) is 5.82 Å². The molecule has 0 atom stereocenters. The predicted molar refractivity (Wildman–Crippen MR) is 65.7 cm³/mol. The predicted octanol–water partition coefficient (Wildman–Crippen LogP) is 2.11. The van der Waals surface area contributed by atoms with E-state index < -0.39 is 9.28 Å². The quantitative estimate of drug-likeness (QED) is 0.682. The van der Waals surface area contributed by atoms with Crippen LogP contribution in [-0.4, -0.2) is 22.5 Å². The van der Waals surface area contributed by atoms with Crippen molar-refractivity contribution in [1.82, 2.24) is 0 Å². The van der Waals surface area contributed by atoms with Crippen LogP contribution in [0.2, 0.25) is 0 Å². The van der Waals surface area contributed by atoms with Gasteiger partial charge in [-0.05, 0) is 30.2 Å². The van der Waals surface area contributed by atoms with Crippen molar-refractivity contribution in [2.24, 2.45) is 0 Å². The molecule has 0 saturated carbocycles. The maximum atomic E-state index is 12.8. The number of hydrogen-bond acceptors (Lipinski definition) is 2. The van der Waals surface area contributed by atoms with Gasteiger partial charge in [-0.3, -0.25) is 0 Å². The Labute approximate surface area is 98.2 Å². The molecule has 0 N–H and O–H groups in total. The van der Waals surface area contributed by atoms with Crippen molar-refractivity contribution >= 4 is 14.5 Å². The molecule has 0 amide bonds. The summed E-state index contributed by atoms with van der Waals surface area (Å²) in [5.74, 6) is -0.220. The van der Waals surface area contributed by atoms with Gasteiger partial charge >= 0.3 is 9.28 Å². The Bertz CT molecular complexity index is 282.